The van der Waals surface area contributed by atoms with E-state index in [0.717, 1.165) is 6.54 Å². The van der Waals surface area contributed by atoms with Crippen molar-refractivity contribution in [3.8, 4) is 0 Å². The Kier molecular flexibility index (Phi) is 4.67. The second-order valence-electron chi connectivity index (χ2n) is 5.63. The molecule has 0 spiro atoms. The molecule has 0 radical (unpaired) electrons. The second kappa shape index (κ2) is 6.27. The van der Waals surface area contributed by atoms with Crippen molar-refractivity contribution >= 4 is 11.8 Å². The average molecular weight is 271 g/mol. The van der Waals surface area contributed by atoms with Crippen LogP contribution in [0.4, 0.5) is 0 Å². The van der Waals surface area contributed by atoms with Gasteiger partial charge in [0.05, 0.1) is 0 Å². The fourth-order valence-electron chi connectivity index (χ4n) is 1.73. The number of hydrogen-bond acceptors (Lipinski definition) is 2. The minimum Gasteiger partial charge on any atom is -0.308 e. The van der Waals surface area contributed by atoms with E-state index < -0.39 is 0 Å². The first-order valence-corrected chi connectivity index (χ1v) is 7.42. The summed E-state index contributed by atoms with van der Waals surface area (Å²) < 4.78 is 0. The highest BCUT2D eigenvalue weighted by molar-refractivity contribution is 7.99. The van der Waals surface area contributed by atoms with Gasteiger partial charge in [0.25, 0.3) is 0 Å². The van der Waals surface area contributed by atoms with Crippen LogP contribution < -0.4 is 5.32 Å². The molecule has 19 heavy (non-hydrogen) atoms. The Morgan fingerprint density at radius 3 is 2.21 bits per heavy atom. The molecule has 0 saturated heterocycles. The van der Waals surface area contributed by atoms with E-state index in [2.05, 4.69) is 80.7 Å². The predicted molar refractivity (Wildman–Crippen MR) is 83.6 cm³/mol. The van der Waals surface area contributed by atoms with Crippen molar-refractivity contribution in [1.29, 1.82) is 0 Å². The molecule has 1 nitrogen and oxygen atoms in total. The number of benzene rings is 2. The topological polar surface area (TPSA) is 12.0 Å². The second-order valence-corrected chi connectivity index (χ2v) is 6.74. The van der Waals surface area contributed by atoms with Crippen molar-refractivity contribution in [1.82, 2.24) is 5.32 Å². The van der Waals surface area contributed by atoms with Crippen molar-refractivity contribution in [3.05, 3.63) is 60.2 Å². The molecule has 2 aromatic carbocycles. The lowest BCUT2D eigenvalue weighted by Crippen LogP contribution is -2.35. The van der Waals surface area contributed by atoms with Crippen LogP contribution >= 0.6 is 11.8 Å². The highest BCUT2D eigenvalue weighted by Crippen LogP contribution is 2.30. The lowest BCUT2D eigenvalue weighted by Gasteiger charge is -2.21. The quantitative estimate of drug-likeness (QED) is 0.863. The van der Waals surface area contributed by atoms with E-state index in [1.165, 1.54) is 15.4 Å². The molecule has 2 rings (SSSR count). The van der Waals surface area contributed by atoms with E-state index in [-0.39, 0.29) is 5.54 Å². The number of rotatable bonds is 4. The summed E-state index contributed by atoms with van der Waals surface area (Å²) in [6.45, 7) is 7.49. The smallest absolute Gasteiger partial charge is 0.0221 e. The molecule has 0 bridgehead atoms. The van der Waals surface area contributed by atoms with E-state index in [0.29, 0.717) is 0 Å². The van der Waals surface area contributed by atoms with Crippen LogP contribution in [-0.2, 0) is 6.54 Å². The van der Waals surface area contributed by atoms with Crippen LogP contribution in [0.2, 0.25) is 0 Å². The van der Waals surface area contributed by atoms with Crippen molar-refractivity contribution in [3.63, 3.8) is 0 Å². The zero-order chi connectivity index (χ0) is 13.7. The summed E-state index contributed by atoms with van der Waals surface area (Å²) in [4.78, 5) is 2.61. The van der Waals surface area contributed by atoms with Crippen LogP contribution in [0.15, 0.2) is 64.4 Å². The maximum Gasteiger partial charge on any atom is 0.0221 e. The van der Waals surface area contributed by atoms with Crippen molar-refractivity contribution in [2.45, 2.75) is 42.6 Å². The zero-order valence-electron chi connectivity index (χ0n) is 11.8. The van der Waals surface area contributed by atoms with E-state index in [4.69, 9.17) is 0 Å². The lowest BCUT2D eigenvalue weighted by molar-refractivity contribution is 0.422. The third-order valence-electron chi connectivity index (χ3n) is 2.75. The SMILES string of the molecule is CC(C)(C)NCc1ccccc1Sc1ccccc1. The molecule has 0 aliphatic rings. The highest BCUT2D eigenvalue weighted by Gasteiger charge is 2.10. The van der Waals surface area contributed by atoms with Gasteiger partial charge >= 0.3 is 0 Å². The maximum absolute atomic E-state index is 3.55. The summed E-state index contributed by atoms with van der Waals surface area (Å²) >= 11 is 1.82. The standard InChI is InChI=1S/C17H21NS/c1-17(2,3)18-13-14-9-7-8-12-16(14)19-15-10-5-4-6-11-15/h4-12,18H,13H2,1-3H3. The fraction of sp³-hybridized carbons (Fsp3) is 0.294. The molecule has 0 heterocycles. The maximum atomic E-state index is 3.55. The lowest BCUT2D eigenvalue weighted by atomic mass is 10.1. The summed E-state index contributed by atoms with van der Waals surface area (Å²) in [5.74, 6) is 0. The Bertz CT molecular complexity index is 514. The zero-order valence-corrected chi connectivity index (χ0v) is 12.6. The van der Waals surface area contributed by atoms with E-state index in [9.17, 15) is 0 Å². The van der Waals surface area contributed by atoms with Crippen LogP contribution in [0.25, 0.3) is 0 Å². The van der Waals surface area contributed by atoms with Gasteiger partial charge in [-0.2, -0.15) is 0 Å². The van der Waals surface area contributed by atoms with Gasteiger partial charge in [-0.15, -0.1) is 0 Å². The monoisotopic (exact) mass is 271 g/mol. The van der Waals surface area contributed by atoms with Gasteiger partial charge in [0, 0.05) is 21.9 Å². The van der Waals surface area contributed by atoms with Gasteiger partial charge < -0.3 is 5.32 Å². The largest absolute Gasteiger partial charge is 0.308 e. The molecule has 2 heteroatoms. The molecule has 0 aromatic heterocycles. The van der Waals surface area contributed by atoms with Gasteiger partial charge in [0.2, 0.25) is 0 Å². The van der Waals surface area contributed by atoms with Gasteiger partial charge in [-0.1, -0.05) is 48.2 Å². The highest BCUT2D eigenvalue weighted by atomic mass is 32.2. The normalized spacial score (nSPS) is 11.5. The minimum absolute atomic E-state index is 0.143. The first-order chi connectivity index (χ1) is 9.04. The minimum atomic E-state index is 0.143. The molecule has 0 aliphatic heterocycles. The van der Waals surface area contributed by atoms with Gasteiger partial charge in [-0.3, -0.25) is 0 Å². The Balaban J connectivity index is 2.12. The Morgan fingerprint density at radius 2 is 1.53 bits per heavy atom. The molecule has 0 aliphatic carbocycles. The van der Waals surface area contributed by atoms with Crippen molar-refractivity contribution < 1.29 is 0 Å². The molecule has 0 amide bonds. The molecule has 0 saturated carbocycles. The molecule has 0 atom stereocenters. The van der Waals surface area contributed by atoms with Gasteiger partial charge in [0.15, 0.2) is 0 Å². The first-order valence-electron chi connectivity index (χ1n) is 6.60. The Hall–Kier alpha value is -1.25. The van der Waals surface area contributed by atoms with E-state index in [1.54, 1.807) is 0 Å². The summed E-state index contributed by atoms with van der Waals surface area (Å²) in [5.41, 5.74) is 1.50. The third-order valence-corrected chi connectivity index (χ3v) is 3.88. The molecule has 2 aromatic rings. The fourth-order valence-corrected chi connectivity index (χ4v) is 2.69. The molecule has 1 N–H and O–H groups in total. The van der Waals surface area contributed by atoms with Crippen molar-refractivity contribution in [2.75, 3.05) is 0 Å². The third kappa shape index (κ3) is 4.73. The summed E-state index contributed by atoms with van der Waals surface area (Å²) in [7, 11) is 0. The van der Waals surface area contributed by atoms with Crippen molar-refractivity contribution in [2.24, 2.45) is 0 Å². The number of nitrogens with one attached hydrogen (secondary N) is 1. The molecule has 0 fully saturated rings. The first kappa shape index (κ1) is 14.2. The van der Waals surface area contributed by atoms with Crippen LogP contribution in [0.3, 0.4) is 0 Å². The van der Waals surface area contributed by atoms with Crippen LogP contribution in [0.5, 0.6) is 0 Å². The molecule has 100 valence electrons. The van der Waals surface area contributed by atoms with Gasteiger partial charge in [0.1, 0.15) is 0 Å². The Morgan fingerprint density at radius 1 is 0.895 bits per heavy atom. The van der Waals surface area contributed by atoms with Crippen LogP contribution in [-0.4, -0.2) is 5.54 Å². The van der Waals surface area contributed by atoms with Crippen LogP contribution in [0.1, 0.15) is 26.3 Å². The predicted octanol–water partition coefficient (Wildman–Crippen LogP) is 4.73. The molecule has 0 unspecified atom stereocenters. The van der Waals surface area contributed by atoms with Gasteiger partial charge in [-0.25, -0.2) is 0 Å². The van der Waals surface area contributed by atoms with Crippen LogP contribution in [0, 0.1) is 0 Å². The van der Waals surface area contributed by atoms with E-state index in [1.807, 2.05) is 11.8 Å². The molecular formula is C17H21NS. The number of hydrogen-bond donors (Lipinski definition) is 1. The summed E-state index contributed by atoms with van der Waals surface area (Å²) in [6, 6.07) is 19.1. The Labute approximate surface area is 120 Å². The molecular weight excluding hydrogens is 250 g/mol. The summed E-state index contributed by atoms with van der Waals surface area (Å²) in [6.07, 6.45) is 0. The van der Waals surface area contributed by atoms with Gasteiger partial charge in [-0.05, 0) is 44.5 Å². The van der Waals surface area contributed by atoms with E-state index >= 15 is 0 Å². The summed E-state index contributed by atoms with van der Waals surface area (Å²) in [5, 5.41) is 3.55. The average Bonchev–Trinajstić information content (AvgIpc) is 2.38.